The maximum Gasteiger partial charge on any atom is 0.143 e. The van der Waals surface area contributed by atoms with Crippen molar-refractivity contribution in [1.82, 2.24) is 0 Å². The SMILES string of the molecule is c1ccc(-c2cccc(N(c3ccccc3)c3cc4c5ccccc5oc4c4ccccc34)c2)cc1. The van der Waals surface area contributed by atoms with E-state index in [1.807, 2.05) is 12.1 Å². The molecule has 7 rings (SSSR count). The molecule has 0 amide bonds. The van der Waals surface area contributed by atoms with Crippen LogP contribution in [0.4, 0.5) is 17.1 Å². The van der Waals surface area contributed by atoms with E-state index in [1.54, 1.807) is 0 Å². The van der Waals surface area contributed by atoms with E-state index in [2.05, 4.69) is 132 Å². The van der Waals surface area contributed by atoms with Crippen LogP contribution in [0, 0.1) is 0 Å². The first-order chi connectivity index (χ1) is 17.9. The van der Waals surface area contributed by atoms with Crippen molar-refractivity contribution in [1.29, 1.82) is 0 Å². The van der Waals surface area contributed by atoms with Crippen molar-refractivity contribution < 1.29 is 4.42 Å². The fraction of sp³-hybridized carbons (Fsp3) is 0. The van der Waals surface area contributed by atoms with E-state index >= 15 is 0 Å². The van der Waals surface area contributed by atoms with Crippen LogP contribution in [-0.4, -0.2) is 0 Å². The van der Waals surface area contributed by atoms with Gasteiger partial charge in [0, 0.05) is 32.9 Å². The molecular formula is C34H23NO. The van der Waals surface area contributed by atoms with Gasteiger partial charge in [0.25, 0.3) is 0 Å². The highest BCUT2D eigenvalue weighted by Gasteiger charge is 2.20. The molecule has 0 aliphatic heterocycles. The van der Waals surface area contributed by atoms with Crippen LogP contribution in [0.3, 0.4) is 0 Å². The van der Waals surface area contributed by atoms with Gasteiger partial charge in [-0.05, 0) is 47.5 Å². The van der Waals surface area contributed by atoms with Crippen LogP contribution < -0.4 is 4.90 Å². The van der Waals surface area contributed by atoms with Gasteiger partial charge in [-0.25, -0.2) is 0 Å². The van der Waals surface area contributed by atoms with E-state index in [0.717, 1.165) is 49.8 Å². The molecule has 0 spiro atoms. The summed E-state index contributed by atoms with van der Waals surface area (Å²) in [5.74, 6) is 0. The van der Waals surface area contributed by atoms with Crippen molar-refractivity contribution >= 4 is 49.8 Å². The number of anilines is 3. The lowest BCUT2D eigenvalue weighted by Gasteiger charge is -2.27. The van der Waals surface area contributed by atoms with Gasteiger partial charge in [0.2, 0.25) is 0 Å². The Morgan fingerprint density at radius 2 is 1.03 bits per heavy atom. The number of nitrogens with zero attached hydrogens (tertiary/aromatic N) is 1. The van der Waals surface area contributed by atoms with Crippen LogP contribution in [0.15, 0.2) is 144 Å². The number of benzene rings is 6. The van der Waals surface area contributed by atoms with E-state index in [9.17, 15) is 0 Å². The summed E-state index contributed by atoms with van der Waals surface area (Å²) in [5, 5.41) is 4.52. The molecule has 0 N–H and O–H groups in total. The quantitative estimate of drug-likeness (QED) is 0.259. The minimum atomic E-state index is 0.909. The van der Waals surface area contributed by atoms with E-state index in [1.165, 1.54) is 11.1 Å². The number of fused-ring (bicyclic) bond motifs is 5. The normalized spacial score (nSPS) is 11.3. The molecule has 0 unspecified atom stereocenters. The Bertz CT molecular complexity index is 1830. The molecule has 1 heterocycles. The van der Waals surface area contributed by atoms with Gasteiger partial charge in [-0.2, -0.15) is 0 Å². The first kappa shape index (κ1) is 20.5. The number of hydrogen-bond acceptors (Lipinski definition) is 2. The van der Waals surface area contributed by atoms with Gasteiger partial charge in [0.1, 0.15) is 11.2 Å². The fourth-order valence-corrected chi connectivity index (χ4v) is 5.17. The van der Waals surface area contributed by atoms with Crippen molar-refractivity contribution in [3.05, 3.63) is 140 Å². The molecular weight excluding hydrogens is 438 g/mol. The van der Waals surface area contributed by atoms with Crippen LogP contribution in [0.1, 0.15) is 0 Å². The Kier molecular flexibility index (Phi) is 4.82. The number of hydrogen-bond donors (Lipinski definition) is 0. The molecule has 0 bridgehead atoms. The van der Waals surface area contributed by atoms with Crippen molar-refractivity contribution in [3.8, 4) is 11.1 Å². The zero-order valence-corrected chi connectivity index (χ0v) is 19.6. The fourth-order valence-electron chi connectivity index (χ4n) is 5.17. The van der Waals surface area contributed by atoms with Gasteiger partial charge < -0.3 is 9.32 Å². The highest BCUT2D eigenvalue weighted by atomic mass is 16.3. The first-order valence-corrected chi connectivity index (χ1v) is 12.2. The first-order valence-electron chi connectivity index (χ1n) is 12.2. The summed E-state index contributed by atoms with van der Waals surface area (Å²) in [4.78, 5) is 2.36. The average molecular weight is 462 g/mol. The summed E-state index contributed by atoms with van der Waals surface area (Å²) in [5.41, 5.74) is 7.58. The second-order valence-corrected chi connectivity index (χ2v) is 9.00. The van der Waals surface area contributed by atoms with Crippen molar-refractivity contribution in [3.63, 3.8) is 0 Å². The molecule has 2 heteroatoms. The Morgan fingerprint density at radius 3 is 1.83 bits per heavy atom. The van der Waals surface area contributed by atoms with E-state index in [0.29, 0.717) is 0 Å². The topological polar surface area (TPSA) is 16.4 Å². The lowest BCUT2D eigenvalue weighted by Crippen LogP contribution is -2.10. The maximum atomic E-state index is 6.37. The molecule has 36 heavy (non-hydrogen) atoms. The lowest BCUT2D eigenvalue weighted by atomic mass is 10.0. The number of para-hydroxylation sites is 2. The molecule has 170 valence electrons. The number of rotatable bonds is 4. The summed E-state index contributed by atoms with van der Waals surface area (Å²) in [6.45, 7) is 0. The third-order valence-corrected chi connectivity index (χ3v) is 6.83. The van der Waals surface area contributed by atoms with Gasteiger partial charge in [-0.1, -0.05) is 103 Å². The second-order valence-electron chi connectivity index (χ2n) is 9.00. The molecule has 0 saturated heterocycles. The van der Waals surface area contributed by atoms with Crippen LogP contribution in [-0.2, 0) is 0 Å². The molecule has 2 nitrogen and oxygen atoms in total. The zero-order valence-electron chi connectivity index (χ0n) is 19.6. The number of furan rings is 1. The molecule has 0 atom stereocenters. The van der Waals surface area contributed by atoms with Crippen molar-refractivity contribution in [2.24, 2.45) is 0 Å². The second kappa shape index (κ2) is 8.44. The molecule has 6 aromatic carbocycles. The van der Waals surface area contributed by atoms with Crippen molar-refractivity contribution in [2.75, 3.05) is 4.90 Å². The Morgan fingerprint density at radius 1 is 0.417 bits per heavy atom. The summed E-state index contributed by atoms with van der Waals surface area (Å²) < 4.78 is 6.37. The summed E-state index contributed by atoms with van der Waals surface area (Å²) in [6, 6.07) is 49.0. The largest absolute Gasteiger partial charge is 0.455 e. The standard InChI is InChI=1S/C34H23NO/c1-3-12-24(13-4-1)25-14-11-17-27(22-25)35(26-15-5-2-6-16-26)32-23-31-29-19-9-10-21-33(29)36-34(31)30-20-8-7-18-28(30)32/h1-23H. The molecule has 0 radical (unpaired) electrons. The predicted octanol–water partition coefficient (Wildman–Crippen LogP) is 9.88. The van der Waals surface area contributed by atoms with Crippen LogP contribution in [0.2, 0.25) is 0 Å². The molecule has 7 aromatic rings. The van der Waals surface area contributed by atoms with Crippen LogP contribution >= 0.6 is 0 Å². The summed E-state index contributed by atoms with van der Waals surface area (Å²) in [6.07, 6.45) is 0. The van der Waals surface area contributed by atoms with E-state index in [-0.39, 0.29) is 0 Å². The Hall–Kier alpha value is -4.82. The minimum Gasteiger partial charge on any atom is -0.455 e. The maximum absolute atomic E-state index is 6.37. The van der Waals surface area contributed by atoms with Gasteiger partial charge in [-0.15, -0.1) is 0 Å². The summed E-state index contributed by atoms with van der Waals surface area (Å²) >= 11 is 0. The van der Waals surface area contributed by atoms with Gasteiger partial charge in [0.15, 0.2) is 0 Å². The average Bonchev–Trinajstić information content (AvgIpc) is 3.33. The Balaban J connectivity index is 1.54. The third kappa shape index (κ3) is 3.35. The highest BCUT2D eigenvalue weighted by molar-refractivity contribution is 6.19. The molecule has 0 saturated carbocycles. The van der Waals surface area contributed by atoms with Crippen LogP contribution in [0.25, 0.3) is 43.8 Å². The third-order valence-electron chi connectivity index (χ3n) is 6.83. The monoisotopic (exact) mass is 461 g/mol. The molecule has 0 fully saturated rings. The minimum absolute atomic E-state index is 0.909. The van der Waals surface area contributed by atoms with Crippen LogP contribution in [0.5, 0.6) is 0 Å². The highest BCUT2D eigenvalue weighted by Crippen LogP contribution is 2.44. The van der Waals surface area contributed by atoms with Gasteiger partial charge in [0.05, 0.1) is 5.69 Å². The zero-order chi connectivity index (χ0) is 23.9. The summed E-state index contributed by atoms with van der Waals surface area (Å²) in [7, 11) is 0. The van der Waals surface area contributed by atoms with Crippen molar-refractivity contribution in [2.45, 2.75) is 0 Å². The molecule has 0 aliphatic rings. The smallest absolute Gasteiger partial charge is 0.143 e. The van der Waals surface area contributed by atoms with E-state index in [4.69, 9.17) is 4.42 Å². The predicted molar refractivity (Wildman–Crippen MR) is 151 cm³/mol. The lowest BCUT2D eigenvalue weighted by molar-refractivity contribution is 0.672. The van der Waals surface area contributed by atoms with Gasteiger partial charge >= 0.3 is 0 Å². The molecule has 0 aliphatic carbocycles. The van der Waals surface area contributed by atoms with Gasteiger partial charge in [-0.3, -0.25) is 0 Å². The molecule has 1 aromatic heterocycles. The van der Waals surface area contributed by atoms with E-state index < -0.39 is 0 Å². The Labute approximate surface area is 209 Å².